The molecule has 1 saturated heterocycles. The number of hydrogen-bond acceptors (Lipinski definition) is 3. The highest BCUT2D eigenvalue weighted by molar-refractivity contribution is 6.05. The highest BCUT2D eigenvalue weighted by Crippen LogP contribution is 2.39. The van der Waals surface area contributed by atoms with Crippen molar-refractivity contribution in [3.05, 3.63) is 59.9 Å². The zero-order valence-corrected chi connectivity index (χ0v) is 11.5. The molecule has 2 atom stereocenters. The van der Waals surface area contributed by atoms with Gasteiger partial charge >= 0.3 is 0 Å². The molecule has 5 heteroatoms. The maximum absolute atomic E-state index is 14.0. The van der Waals surface area contributed by atoms with E-state index in [9.17, 15) is 9.18 Å². The van der Waals surface area contributed by atoms with Gasteiger partial charge in [0.1, 0.15) is 17.6 Å². The Balaban J connectivity index is 1.96. The van der Waals surface area contributed by atoms with Gasteiger partial charge in [-0.05, 0) is 30.3 Å². The lowest BCUT2D eigenvalue weighted by Crippen LogP contribution is -2.63. The Morgan fingerprint density at radius 2 is 1.81 bits per heavy atom. The van der Waals surface area contributed by atoms with Gasteiger partial charge < -0.3 is 15.4 Å². The van der Waals surface area contributed by atoms with Crippen molar-refractivity contribution in [1.29, 1.82) is 0 Å². The Labute approximate surface area is 121 Å². The molecule has 21 heavy (non-hydrogen) atoms. The summed E-state index contributed by atoms with van der Waals surface area (Å²) in [5, 5.41) is 0. The number of halogens is 1. The molecule has 0 radical (unpaired) electrons. The Hall–Kier alpha value is -2.40. The van der Waals surface area contributed by atoms with Gasteiger partial charge in [0, 0.05) is 11.3 Å². The number of hydrogen-bond donors (Lipinski definition) is 1. The number of nitrogens with zero attached hydrogens (tertiary/aromatic N) is 1. The molecule has 1 amide bonds. The lowest BCUT2D eigenvalue weighted by atomic mass is 9.88. The van der Waals surface area contributed by atoms with E-state index in [4.69, 9.17) is 10.5 Å². The van der Waals surface area contributed by atoms with E-state index in [1.807, 2.05) is 0 Å². The van der Waals surface area contributed by atoms with E-state index < -0.39 is 12.1 Å². The predicted octanol–water partition coefficient (Wildman–Crippen LogP) is 2.25. The molecular weight excluding hydrogens is 271 g/mol. The number of amides is 1. The van der Waals surface area contributed by atoms with Crippen LogP contribution in [0.15, 0.2) is 48.5 Å². The third-order valence-electron chi connectivity index (χ3n) is 3.72. The minimum atomic E-state index is -0.719. The summed E-state index contributed by atoms with van der Waals surface area (Å²) < 4.78 is 19.0. The van der Waals surface area contributed by atoms with Crippen molar-refractivity contribution in [2.24, 2.45) is 5.73 Å². The second-order valence-corrected chi connectivity index (χ2v) is 4.90. The van der Waals surface area contributed by atoms with Crippen LogP contribution >= 0.6 is 0 Å². The Morgan fingerprint density at radius 1 is 1.14 bits per heavy atom. The third kappa shape index (κ3) is 2.15. The van der Waals surface area contributed by atoms with E-state index in [-0.39, 0.29) is 11.7 Å². The number of rotatable bonds is 3. The van der Waals surface area contributed by atoms with Gasteiger partial charge in [-0.3, -0.25) is 4.79 Å². The van der Waals surface area contributed by atoms with Crippen LogP contribution in [0.2, 0.25) is 0 Å². The fourth-order valence-electron chi connectivity index (χ4n) is 2.59. The summed E-state index contributed by atoms with van der Waals surface area (Å²) >= 11 is 0. The molecule has 0 aromatic heterocycles. The van der Waals surface area contributed by atoms with E-state index in [0.717, 1.165) is 0 Å². The van der Waals surface area contributed by atoms with Gasteiger partial charge in [0.25, 0.3) is 0 Å². The van der Waals surface area contributed by atoms with Crippen molar-refractivity contribution in [3.63, 3.8) is 0 Å². The standard InChI is InChI=1S/C16H15FN2O2/c1-21-11-8-6-10(7-9-11)19-15(14(18)16(19)20)12-4-2-3-5-13(12)17/h2-9,14-15H,18H2,1H3/t14-,15-/m1/s1. The SMILES string of the molecule is COc1ccc(N2C(=O)[C@H](N)[C@H]2c2ccccc2F)cc1. The molecule has 0 saturated carbocycles. The van der Waals surface area contributed by atoms with E-state index in [0.29, 0.717) is 17.0 Å². The summed E-state index contributed by atoms with van der Waals surface area (Å²) in [5.74, 6) is 0.121. The van der Waals surface area contributed by atoms with Crippen LogP contribution in [-0.4, -0.2) is 19.1 Å². The van der Waals surface area contributed by atoms with Crippen LogP contribution in [0.25, 0.3) is 0 Å². The zero-order chi connectivity index (χ0) is 15.0. The molecule has 0 spiro atoms. The third-order valence-corrected chi connectivity index (χ3v) is 3.72. The van der Waals surface area contributed by atoms with Gasteiger partial charge in [-0.2, -0.15) is 0 Å². The minimum Gasteiger partial charge on any atom is -0.497 e. The first-order valence-corrected chi connectivity index (χ1v) is 6.60. The molecule has 108 valence electrons. The molecule has 2 N–H and O–H groups in total. The molecule has 0 unspecified atom stereocenters. The molecule has 1 aliphatic heterocycles. The lowest BCUT2D eigenvalue weighted by Gasteiger charge is -2.45. The summed E-state index contributed by atoms with van der Waals surface area (Å²) in [4.78, 5) is 13.6. The smallest absolute Gasteiger partial charge is 0.247 e. The average molecular weight is 286 g/mol. The molecule has 3 rings (SSSR count). The Kier molecular flexibility index (Phi) is 3.35. The molecule has 4 nitrogen and oxygen atoms in total. The largest absolute Gasteiger partial charge is 0.497 e. The first-order chi connectivity index (χ1) is 10.1. The average Bonchev–Trinajstić information content (AvgIpc) is 2.53. The zero-order valence-electron chi connectivity index (χ0n) is 11.5. The number of benzene rings is 2. The van der Waals surface area contributed by atoms with Crippen LogP contribution in [0.3, 0.4) is 0 Å². The molecule has 1 fully saturated rings. The van der Waals surface area contributed by atoms with Gasteiger partial charge in [0.15, 0.2) is 0 Å². The number of nitrogens with two attached hydrogens (primary N) is 1. The second-order valence-electron chi connectivity index (χ2n) is 4.90. The maximum Gasteiger partial charge on any atom is 0.247 e. The molecule has 2 aromatic carbocycles. The van der Waals surface area contributed by atoms with Gasteiger partial charge in [-0.15, -0.1) is 0 Å². The number of ether oxygens (including phenoxy) is 1. The predicted molar refractivity (Wildman–Crippen MR) is 77.6 cm³/mol. The molecule has 1 heterocycles. The fraction of sp³-hybridized carbons (Fsp3) is 0.188. The minimum absolute atomic E-state index is 0.214. The summed E-state index contributed by atoms with van der Waals surface area (Å²) in [7, 11) is 1.57. The highest BCUT2D eigenvalue weighted by atomic mass is 19.1. The van der Waals surface area contributed by atoms with E-state index >= 15 is 0 Å². The molecule has 2 aromatic rings. The fourth-order valence-corrected chi connectivity index (χ4v) is 2.59. The van der Waals surface area contributed by atoms with E-state index in [2.05, 4.69) is 0 Å². The van der Waals surface area contributed by atoms with Crippen LogP contribution in [0.1, 0.15) is 11.6 Å². The summed E-state index contributed by atoms with van der Waals surface area (Å²) in [5.41, 5.74) is 6.98. The normalized spacial score (nSPS) is 21.1. The molecule has 0 aliphatic carbocycles. The van der Waals surface area contributed by atoms with Crippen molar-refractivity contribution in [3.8, 4) is 5.75 Å². The van der Waals surface area contributed by atoms with Gasteiger partial charge in [0.2, 0.25) is 5.91 Å². The van der Waals surface area contributed by atoms with Crippen molar-refractivity contribution in [2.45, 2.75) is 12.1 Å². The van der Waals surface area contributed by atoms with Crippen molar-refractivity contribution < 1.29 is 13.9 Å². The molecular formula is C16H15FN2O2. The van der Waals surface area contributed by atoms with Crippen LogP contribution < -0.4 is 15.4 Å². The van der Waals surface area contributed by atoms with Crippen LogP contribution in [0.5, 0.6) is 5.75 Å². The van der Waals surface area contributed by atoms with E-state index in [1.165, 1.54) is 11.0 Å². The van der Waals surface area contributed by atoms with Crippen molar-refractivity contribution in [1.82, 2.24) is 0 Å². The summed E-state index contributed by atoms with van der Waals surface area (Å²) in [6.45, 7) is 0. The topological polar surface area (TPSA) is 55.6 Å². The Bertz CT molecular complexity index is 672. The number of β-lactam (4-membered cyclic amide) rings is 1. The number of carbonyl (C=O) groups excluding carboxylic acids is 1. The maximum atomic E-state index is 14.0. The van der Waals surface area contributed by atoms with Crippen LogP contribution in [0, 0.1) is 5.82 Å². The molecule has 0 bridgehead atoms. The number of anilines is 1. The number of carbonyl (C=O) groups is 1. The van der Waals surface area contributed by atoms with Crippen molar-refractivity contribution >= 4 is 11.6 Å². The van der Waals surface area contributed by atoms with Crippen LogP contribution in [-0.2, 0) is 4.79 Å². The van der Waals surface area contributed by atoms with Crippen LogP contribution in [0.4, 0.5) is 10.1 Å². The van der Waals surface area contributed by atoms with Gasteiger partial charge in [-0.1, -0.05) is 18.2 Å². The van der Waals surface area contributed by atoms with Gasteiger partial charge in [-0.25, -0.2) is 4.39 Å². The second kappa shape index (κ2) is 5.18. The molecule has 1 aliphatic rings. The quantitative estimate of drug-likeness (QED) is 0.880. The first-order valence-electron chi connectivity index (χ1n) is 6.60. The van der Waals surface area contributed by atoms with Gasteiger partial charge in [0.05, 0.1) is 13.2 Å². The summed E-state index contributed by atoms with van der Waals surface area (Å²) in [6.07, 6.45) is 0. The van der Waals surface area contributed by atoms with E-state index in [1.54, 1.807) is 49.6 Å². The summed E-state index contributed by atoms with van der Waals surface area (Å²) in [6, 6.07) is 12.2. The highest BCUT2D eigenvalue weighted by Gasteiger charge is 2.47. The van der Waals surface area contributed by atoms with Crippen molar-refractivity contribution in [2.75, 3.05) is 12.0 Å². The Morgan fingerprint density at radius 3 is 2.43 bits per heavy atom. The monoisotopic (exact) mass is 286 g/mol. The lowest BCUT2D eigenvalue weighted by molar-refractivity contribution is -0.126. The number of methoxy groups -OCH3 is 1. The first kappa shape index (κ1) is 13.6.